The molecule has 1 saturated carbocycles. The van der Waals surface area contributed by atoms with Gasteiger partial charge in [0.25, 0.3) is 0 Å². The number of rotatable bonds is 3. The molecule has 20 heavy (non-hydrogen) atoms. The summed E-state index contributed by atoms with van der Waals surface area (Å²) in [4.78, 5) is 2.67. The Hall–Kier alpha value is -1.50. The van der Waals surface area contributed by atoms with Crippen molar-refractivity contribution < 1.29 is 0 Å². The molecule has 0 radical (unpaired) electrons. The second kappa shape index (κ2) is 5.12. The van der Waals surface area contributed by atoms with Crippen LogP contribution in [0.4, 0.5) is 0 Å². The molecule has 1 aliphatic heterocycles. The van der Waals surface area contributed by atoms with E-state index in [1.807, 2.05) is 0 Å². The molecule has 0 aromatic heterocycles. The van der Waals surface area contributed by atoms with Gasteiger partial charge in [0, 0.05) is 25.2 Å². The summed E-state index contributed by atoms with van der Waals surface area (Å²) in [5.74, 6) is 2.74. The standard InChI is InChI=1S/C19H23N/c1-2-6-15(7-3-1)12-19-16-10-11-17(19)14-20(13-16)18-8-4-5-9-18/h1-8,16-17,19H,9-14H2/t16-,17+,19?. The molecule has 2 bridgehead atoms. The van der Waals surface area contributed by atoms with E-state index in [9.17, 15) is 0 Å². The third-order valence-corrected chi connectivity index (χ3v) is 5.50. The number of likely N-dealkylation sites (tertiary alicyclic amines) is 1. The molecule has 3 aliphatic rings. The minimum atomic E-state index is 0.912. The van der Waals surface area contributed by atoms with Gasteiger partial charge in [-0.3, -0.25) is 0 Å². The van der Waals surface area contributed by atoms with E-state index in [1.54, 1.807) is 5.70 Å². The van der Waals surface area contributed by atoms with E-state index in [0.29, 0.717) is 0 Å². The quantitative estimate of drug-likeness (QED) is 0.797. The molecule has 0 amide bonds. The second-order valence-corrected chi connectivity index (χ2v) is 6.65. The average molecular weight is 265 g/mol. The van der Waals surface area contributed by atoms with Gasteiger partial charge in [-0.2, -0.15) is 0 Å². The van der Waals surface area contributed by atoms with Crippen molar-refractivity contribution >= 4 is 0 Å². The SMILES string of the molecule is C1=CCC(N2C[C@H]3CC[C@@H](C2)C3Cc2ccccc2)=C1. The number of piperidine rings is 1. The highest BCUT2D eigenvalue weighted by Crippen LogP contribution is 2.44. The summed E-state index contributed by atoms with van der Waals surface area (Å²) in [5.41, 5.74) is 3.09. The Morgan fingerprint density at radius 2 is 1.75 bits per heavy atom. The third-order valence-electron chi connectivity index (χ3n) is 5.50. The molecule has 1 nitrogen and oxygen atoms in total. The van der Waals surface area contributed by atoms with E-state index >= 15 is 0 Å². The number of allylic oxidation sites excluding steroid dienone is 3. The molecule has 0 spiro atoms. The van der Waals surface area contributed by atoms with Crippen LogP contribution in [0.15, 0.2) is 54.3 Å². The van der Waals surface area contributed by atoms with Gasteiger partial charge in [0.05, 0.1) is 0 Å². The molecular weight excluding hydrogens is 242 g/mol. The van der Waals surface area contributed by atoms with Crippen molar-refractivity contribution in [1.82, 2.24) is 4.90 Å². The fraction of sp³-hybridized carbons (Fsp3) is 0.474. The van der Waals surface area contributed by atoms with Crippen LogP contribution in [0.25, 0.3) is 0 Å². The molecule has 1 saturated heterocycles. The van der Waals surface area contributed by atoms with Crippen LogP contribution in [0.2, 0.25) is 0 Å². The number of hydrogen-bond acceptors (Lipinski definition) is 1. The van der Waals surface area contributed by atoms with Crippen molar-refractivity contribution in [2.45, 2.75) is 25.7 Å². The first-order valence-corrected chi connectivity index (χ1v) is 8.05. The molecule has 2 aliphatic carbocycles. The minimum absolute atomic E-state index is 0.912. The Morgan fingerprint density at radius 3 is 2.40 bits per heavy atom. The largest absolute Gasteiger partial charge is 0.374 e. The summed E-state index contributed by atoms with van der Waals surface area (Å²) < 4.78 is 0. The van der Waals surface area contributed by atoms with Gasteiger partial charge in [0.1, 0.15) is 0 Å². The zero-order chi connectivity index (χ0) is 13.4. The summed E-state index contributed by atoms with van der Waals surface area (Å²) in [5, 5.41) is 0. The van der Waals surface area contributed by atoms with Gasteiger partial charge in [0.2, 0.25) is 0 Å². The predicted molar refractivity (Wildman–Crippen MR) is 83.3 cm³/mol. The summed E-state index contributed by atoms with van der Waals surface area (Å²) in [6.45, 7) is 2.59. The highest BCUT2D eigenvalue weighted by atomic mass is 15.2. The van der Waals surface area contributed by atoms with Crippen LogP contribution in [-0.2, 0) is 6.42 Å². The third kappa shape index (κ3) is 2.19. The van der Waals surface area contributed by atoms with Gasteiger partial charge >= 0.3 is 0 Å². The van der Waals surface area contributed by atoms with Gasteiger partial charge in [-0.15, -0.1) is 0 Å². The topological polar surface area (TPSA) is 3.24 Å². The van der Waals surface area contributed by atoms with Crippen LogP contribution in [0, 0.1) is 17.8 Å². The fourth-order valence-corrected chi connectivity index (χ4v) is 4.46. The summed E-state index contributed by atoms with van der Waals surface area (Å²) in [7, 11) is 0. The first-order chi connectivity index (χ1) is 9.90. The van der Waals surface area contributed by atoms with E-state index < -0.39 is 0 Å². The lowest BCUT2D eigenvalue weighted by Crippen LogP contribution is -2.41. The highest BCUT2D eigenvalue weighted by Gasteiger charge is 2.41. The van der Waals surface area contributed by atoms with Crippen LogP contribution in [-0.4, -0.2) is 18.0 Å². The van der Waals surface area contributed by atoms with Crippen molar-refractivity contribution in [2.75, 3.05) is 13.1 Å². The van der Waals surface area contributed by atoms with Gasteiger partial charge < -0.3 is 4.90 Å². The molecule has 3 atom stereocenters. The van der Waals surface area contributed by atoms with E-state index in [0.717, 1.165) is 24.2 Å². The molecule has 0 N–H and O–H groups in total. The molecule has 1 heterocycles. The highest BCUT2D eigenvalue weighted by molar-refractivity contribution is 5.23. The lowest BCUT2D eigenvalue weighted by molar-refractivity contribution is 0.137. The maximum absolute atomic E-state index is 2.67. The van der Waals surface area contributed by atoms with Gasteiger partial charge in [-0.25, -0.2) is 0 Å². The maximum atomic E-state index is 2.67. The van der Waals surface area contributed by atoms with Crippen LogP contribution in [0.3, 0.4) is 0 Å². The summed E-state index contributed by atoms with van der Waals surface area (Å²) in [6.07, 6.45) is 12.2. The van der Waals surface area contributed by atoms with Crippen LogP contribution in [0.1, 0.15) is 24.8 Å². The van der Waals surface area contributed by atoms with E-state index in [1.165, 1.54) is 37.9 Å². The zero-order valence-electron chi connectivity index (χ0n) is 12.0. The van der Waals surface area contributed by atoms with Gasteiger partial charge in [-0.1, -0.05) is 42.5 Å². The number of benzene rings is 1. The Bertz CT molecular complexity index is 514. The predicted octanol–water partition coefficient (Wildman–Crippen LogP) is 4.03. The van der Waals surface area contributed by atoms with Crippen LogP contribution < -0.4 is 0 Å². The summed E-state index contributed by atoms with van der Waals surface area (Å²) in [6, 6.07) is 11.1. The molecular formula is C19H23N. The molecule has 1 aromatic rings. The Kier molecular flexibility index (Phi) is 3.14. The lowest BCUT2D eigenvalue weighted by Gasteiger charge is -2.40. The summed E-state index contributed by atoms with van der Waals surface area (Å²) >= 11 is 0. The number of nitrogens with zero attached hydrogens (tertiary/aromatic N) is 1. The van der Waals surface area contributed by atoms with E-state index in [4.69, 9.17) is 0 Å². The van der Waals surface area contributed by atoms with Gasteiger partial charge in [-0.05, 0) is 48.7 Å². The lowest BCUT2D eigenvalue weighted by atomic mass is 9.80. The molecule has 104 valence electrons. The average Bonchev–Trinajstić information content (AvgIpc) is 3.08. The second-order valence-electron chi connectivity index (χ2n) is 6.65. The van der Waals surface area contributed by atoms with E-state index in [-0.39, 0.29) is 0 Å². The van der Waals surface area contributed by atoms with Crippen molar-refractivity contribution in [1.29, 1.82) is 0 Å². The van der Waals surface area contributed by atoms with Gasteiger partial charge in [0.15, 0.2) is 0 Å². The minimum Gasteiger partial charge on any atom is -0.374 e. The Balaban J connectivity index is 1.46. The number of hydrogen-bond donors (Lipinski definition) is 0. The zero-order valence-corrected chi connectivity index (χ0v) is 12.0. The fourth-order valence-electron chi connectivity index (χ4n) is 4.46. The molecule has 4 rings (SSSR count). The Morgan fingerprint density at radius 1 is 1.00 bits per heavy atom. The van der Waals surface area contributed by atoms with Crippen molar-refractivity contribution in [2.24, 2.45) is 17.8 Å². The van der Waals surface area contributed by atoms with Crippen LogP contribution in [0.5, 0.6) is 0 Å². The first-order valence-electron chi connectivity index (χ1n) is 8.05. The van der Waals surface area contributed by atoms with E-state index in [2.05, 4.69) is 53.5 Å². The molecule has 1 aromatic carbocycles. The van der Waals surface area contributed by atoms with Crippen LogP contribution >= 0.6 is 0 Å². The number of fused-ring (bicyclic) bond motifs is 2. The smallest absolute Gasteiger partial charge is 0.0206 e. The normalized spacial score (nSPS) is 31.7. The van der Waals surface area contributed by atoms with Crippen molar-refractivity contribution in [3.8, 4) is 0 Å². The monoisotopic (exact) mass is 265 g/mol. The molecule has 1 unspecified atom stereocenters. The van der Waals surface area contributed by atoms with Crippen molar-refractivity contribution in [3.05, 3.63) is 59.8 Å². The van der Waals surface area contributed by atoms with Crippen molar-refractivity contribution in [3.63, 3.8) is 0 Å². The first kappa shape index (κ1) is 12.3. The molecule has 1 heteroatoms. The molecule has 2 fully saturated rings. The Labute approximate surface area is 122 Å². The maximum Gasteiger partial charge on any atom is 0.0206 e.